The van der Waals surface area contributed by atoms with E-state index in [4.69, 9.17) is 19.9 Å². The predicted octanol–water partition coefficient (Wildman–Crippen LogP) is 5.31. The number of benzene rings is 2. The number of methoxy groups -OCH3 is 2. The Labute approximate surface area is 210 Å². The molecule has 0 bridgehead atoms. The smallest absolute Gasteiger partial charge is 0.212 e. The van der Waals surface area contributed by atoms with Crippen LogP contribution >= 0.6 is 11.8 Å². The molecule has 1 atom stereocenters. The maximum absolute atomic E-state index is 6.51. The molecule has 1 unspecified atom stereocenters. The number of nitrogens with zero attached hydrogens (tertiary/aromatic N) is 3. The highest BCUT2D eigenvalue weighted by molar-refractivity contribution is 7.98. The van der Waals surface area contributed by atoms with E-state index < -0.39 is 6.23 Å². The van der Waals surface area contributed by atoms with E-state index in [-0.39, 0.29) is 5.88 Å². The summed E-state index contributed by atoms with van der Waals surface area (Å²) in [7, 11) is 4.86. The molecular formula is C26H29N5O3S. The molecule has 3 aromatic rings. The van der Waals surface area contributed by atoms with E-state index in [0.29, 0.717) is 17.2 Å². The summed E-state index contributed by atoms with van der Waals surface area (Å²) in [5.41, 5.74) is 10.2. The highest BCUT2D eigenvalue weighted by Gasteiger charge is 2.18. The van der Waals surface area contributed by atoms with E-state index in [1.54, 1.807) is 51.5 Å². The fourth-order valence-electron chi connectivity index (χ4n) is 3.29. The number of nitrogens with one attached hydrogen (secondary N) is 1. The van der Waals surface area contributed by atoms with Gasteiger partial charge in [0, 0.05) is 47.7 Å². The number of allylic oxidation sites excluding steroid dienone is 1. The first kappa shape index (κ1) is 25.6. The number of pyridine rings is 1. The third-order valence-corrected chi connectivity index (χ3v) is 5.85. The third kappa shape index (κ3) is 6.54. The Morgan fingerprint density at radius 1 is 1.14 bits per heavy atom. The van der Waals surface area contributed by atoms with Crippen molar-refractivity contribution in [1.82, 2.24) is 4.98 Å². The van der Waals surface area contributed by atoms with Crippen LogP contribution < -0.4 is 20.5 Å². The molecule has 9 heteroatoms. The number of aliphatic imine (C=N–C) groups is 2. The summed E-state index contributed by atoms with van der Waals surface area (Å²) in [4.78, 5) is 13.6. The van der Waals surface area contributed by atoms with Gasteiger partial charge in [-0.3, -0.25) is 9.98 Å². The molecular weight excluding hydrogens is 462 g/mol. The molecule has 3 N–H and O–H groups in total. The summed E-state index contributed by atoms with van der Waals surface area (Å²) in [5.74, 6) is 1.38. The SMILES string of the molecule is C=Nc1cc(C(C=NC)=C(N)OC(Nc2cccc(OC)c2)c2ccc(OC)nc2)ccc1SC. The Morgan fingerprint density at radius 3 is 2.60 bits per heavy atom. The molecule has 2 aromatic carbocycles. The molecule has 35 heavy (non-hydrogen) atoms. The predicted molar refractivity (Wildman–Crippen MR) is 144 cm³/mol. The topological polar surface area (TPSA) is 103 Å². The van der Waals surface area contributed by atoms with E-state index in [9.17, 15) is 0 Å². The van der Waals surface area contributed by atoms with Crippen LogP contribution in [-0.2, 0) is 4.74 Å². The van der Waals surface area contributed by atoms with Crippen molar-refractivity contribution in [2.45, 2.75) is 11.1 Å². The monoisotopic (exact) mass is 491 g/mol. The van der Waals surface area contributed by atoms with Crippen molar-refractivity contribution >= 4 is 41.6 Å². The number of rotatable bonds is 11. The summed E-state index contributed by atoms with van der Waals surface area (Å²) >= 11 is 1.59. The molecule has 3 rings (SSSR count). The largest absolute Gasteiger partial charge is 0.497 e. The average molecular weight is 492 g/mol. The lowest BCUT2D eigenvalue weighted by atomic mass is 10.1. The zero-order valence-electron chi connectivity index (χ0n) is 20.2. The summed E-state index contributed by atoms with van der Waals surface area (Å²) in [6, 6.07) is 17.0. The van der Waals surface area contributed by atoms with Gasteiger partial charge < -0.3 is 25.3 Å². The molecule has 0 saturated heterocycles. The molecule has 1 aromatic heterocycles. The van der Waals surface area contributed by atoms with Crippen LogP contribution in [0.4, 0.5) is 11.4 Å². The number of hydrogen-bond acceptors (Lipinski definition) is 9. The minimum Gasteiger partial charge on any atom is -0.497 e. The number of anilines is 1. The zero-order valence-corrected chi connectivity index (χ0v) is 21.0. The zero-order chi connectivity index (χ0) is 25.2. The van der Waals surface area contributed by atoms with Gasteiger partial charge in [-0.05, 0) is 48.9 Å². The average Bonchev–Trinajstić information content (AvgIpc) is 2.91. The third-order valence-electron chi connectivity index (χ3n) is 5.07. The van der Waals surface area contributed by atoms with Crippen molar-refractivity contribution < 1.29 is 14.2 Å². The van der Waals surface area contributed by atoms with Crippen molar-refractivity contribution in [3.05, 3.63) is 77.8 Å². The standard InChI is InChI=1S/C26H29N5O3S/c1-28-16-21(17-9-11-23(35-5)22(13-17)29-2)25(27)34-26(18-10-12-24(33-4)30-15-18)31-19-7-6-8-20(14-19)32-3/h6-16,26,31H,2,27H2,1,3-5H3. The molecule has 0 aliphatic heterocycles. The van der Waals surface area contributed by atoms with Crippen molar-refractivity contribution in [3.8, 4) is 11.6 Å². The van der Waals surface area contributed by atoms with Crippen molar-refractivity contribution in [3.63, 3.8) is 0 Å². The van der Waals surface area contributed by atoms with Crippen LogP contribution in [0.25, 0.3) is 5.57 Å². The summed E-state index contributed by atoms with van der Waals surface area (Å²) in [6.07, 6.45) is 4.65. The van der Waals surface area contributed by atoms with Crippen molar-refractivity contribution in [1.29, 1.82) is 0 Å². The Balaban J connectivity index is 2.03. The van der Waals surface area contributed by atoms with Gasteiger partial charge in [-0.1, -0.05) is 12.1 Å². The maximum atomic E-state index is 6.51. The second-order valence-corrected chi connectivity index (χ2v) is 8.07. The lowest BCUT2D eigenvalue weighted by molar-refractivity contribution is 0.140. The van der Waals surface area contributed by atoms with Gasteiger partial charge in [0.05, 0.1) is 25.5 Å². The first-order chi connectivity index (χ1) is 17.0. The van der Waals surface area contributed by atoms with Gasteiger partial charge in [-0.25, -0.2) is 4.98 Å². The van der Waals surface area contributed by atoms with E-state index in [2.05, 4.69) is 27.0 Å². The van der Waals surface area contributed by atoms with Gasteiger partial charge in [0.15, 0.2) is 12.1 Å². The highest BCUT2D eigenvalue weighted by atomic mass is 32.2. The number of nitrogens with two attached hydrogens (primary N) is 1. The minimum absolute atomic E-state index is 0.179. The fourth-order valence-corrected chi connectivity index (χ4v) is 3.83. The molecule has 182 valence electrons. The number of hydrogen-bond donors (Lipinski definition) is 2. The van der Waals surface area contributed by atoms with Gasteiger partial charge in [-0.15, -0.1) is 11.8 Å². The quantitative estimate of drug-likeness (QED) is 0.162. The van der Waals surface area contributed by atoms with Crippen LogP contribution in [0, 0.1) is 0 Å². The maximum Gasteiger partial charge on any atom is 0.212 e. The van der Waals surface area contributed by atoms with E-state index >= 15 is 0 Å². The Morgan fingerprint density at radius 2 is 1.97 bits per heavy atom. The Bertz CT molecular complexity index is 1210. The Hall–Kier alpha value is -3.98. The first-order valence-corrected chi connectivity index (χ1v) is 11.9. The number of aromatic nitrogens is 1. The van der Waals surface area contributed by atoms with Gasteiger partial charge in [0.25, 0.3) is 0 Å². The van der Waals surface area contributed by atoms with Gasteiger partial charge in [0.1, 0.15) is 5.75 Å². The van der Waals surface area contributed by atoms with Crippen molar-refractivity contribution in [2.75, 3.05) is 32.8 Å². The normalized spacial score (nSPS) is 12.6. The van der Waals surface area contributed by atoms with Crippen LogP contribution in [-0.4, -0.2) is 45.4 Å². The summed E-state index contributed by atoms with van der Waals surface area (Å²) in [6.45, 7) is 3.68. The molecule has 0 amide bonds. The molecule has 0 fully saturated rings. The van der Waals surface area contributed by atoms with E-state index in [0.717, 1.165) is 27.4 Å². The molecule has 0 spiro atoms. The lowest BCUT2D eigenvalue weighted by Crippen LogP contribution is -2.19. The molecule has 0 radical (unpaired) electrons. The van der Waals surface area contributed by atoms with Crippen LogP contribution in [0.3, 0.4) is 0 Å². The van der Waals surface area contributed by atoms with E-state index in [1.807, 2.05) is 54.8 Å². The van der Waals surface area contributed by atoms with E-state index in [1.165, 1.54) is 0 Å². The molecule has 0 saturated carbocycles. The summed E-state index contributed by atoms with van der Waals surface area (Å²) in [5, 5.41) is 3.35. The first-order valence-electron chi connectivity index (χ1n) is 10.7. The molecule has 0 aliphatic rings. The second kappa shape index (κ2) is 12.5. The highest BCUT2D eigenvalue weighted by Crippen LogP contribution is 2.32. The minimum atomic E-state index is -0.664. The molecule has 1 heterocycles. The van der Waals surface area contributed by atoms with Gasteiger partial charge in [-0.2, -0.15) is 0 Å². The second-order valence-electron chi connectivity index (χ2n) is 7.22. The lowest BCUT2D eigenvalue weighted by Gasteiger charge is -2.23. The summed E-state index contributed by atoms with van der Waals surface area (Å²) < 4.78 is 16.8. The number of ether oxygens (including phenoxy) is 3. The Kier molecular flexibility index (Phi) is 9.14. The van der Waals surface area contributed by atoms with Gasteiger partial charge in [0.2, 0.25) is 5.88 Å². The van der Waals surface area contributed by atoms with Crippen LogP contribution in [0.15, 0.2) is 81.6 Å². The van der Waals surface area contributed by atoms with Crippen molar-refractivity contribution in [2.24, 2.45) is 15.7 Å². The van der Waals surface area contributed by atoms with Crippen LogP contribution in [0.5, 0.6) is 11.6 Å². The molecule has 8 nitrogen and oxygen atoms in total. The van der Waals surface area contributed by atoms with Crippen LogP contribution in [0.2, 0.25) is 0 Å². The fraction of sp³-hybridized carbons (Fsp3) is 0.192. The molecule has 0 aliphatic carbocycles. The number of thioether (sulfide) groups is 1. The van der Waals surface area contributed by atoms with Crippen LogP contribution in [0.1, 0.15) is 17.4 Å². The van der Waals surface area contributed by atoms with Gasteiger partial charge >= 0.3 is 0 Å².